The number of aromatic nitrogens is 1. The van der Waals surface area contributed by atoms with Crippen LogP contribution in [-0.4, -0.2) is 29.9 Å². The lowest BCUT2D eigenvalue weighted by Gasteiger charge is -2.08. The number of nitrogens with zero attached hydrogens (tertiary/aromatic N) is 1. The number of hydrogen-bond donors (Lipinski definition) is 1. The number of methoxy groups -OCH3 is 2. The van der Waals surface area contributed by atoms with E-state index in [9.17, 15) is 4.79 Å². The Morgan fingerprint density at radius 1 is 1.11 bits per heavy atom. The van der Waals surface area contributed by atoms with Gasteiger partial charge >= 0.3 is 5.97 Å². The van der Waals surface area contributed by atoms with Gasteiger partial charge in [0, 0.05) is 18.8 Å². The zero-order chi connectivity index (χ0) is 14.0. The molecule has 0 saturated carbocycles. The minimum Gasteiger partial charge on any atom is -0.493 e. The summed E-state index contributed by atoms with van der Waals surface area (Å²) >= 11 is 0. The molecule has 0 radical (unpaired) electrons. The summed E-state index contributed by atoms with van der Waals surface area (Å²) in [7, 11) is 4.84. The van der Waals surface area contributed by atoms with Crippen molar-refractivity contribution in [2.45, 2.75) is 0 Å². The van der Waals surface area contributed by atoms with Gasteiger partial charge in [-0.25, -0.2) is 4.79 Å². The van der Waals surface area contributed by atoms with Crippen LogP contribution < -0.4 is 9.47 Å². The molecule has 1 aromatic carbocycles. The third kappa shape index (κ3) is 2.40. The molecule has 5 nitrogen and oxygen atoms in total. The van der Waals surface area contributed by atoms with Crippen LogP contribution in [-0.2, 0) is 7.05 Å². The summed E-state index contributed by atoms with van der Waals surface area (Å²) in [6, 6.07) is 7.10. The van der Waals surface area contributed by atoms with Gasteiger partial charge in [-0.2, -0.15) is 0 Å². The van der Waals surface area contributed by atoms with Crippen LogP contribution >= 0.6 is 0 Å². The lowest BCUT2D eigenvalue weighted by Crippen LogP contribution is -2.02. The van der Waals surface area contributed by atoms with E-state index in [0.717, 1.165) is 11.1 Å². The zero-order valence-electron chi connectivity index (χ0n) is 11.0. The van der Waals surface area contributed by atoms with Gasteiger partial charge in [-0.05, 0) is 23.8 Å². The maximum atomic E-state index is 11.0. The standard InChI is InChI=1S/C14H15NO4/c1-15-8-10(6-11(15)14(16)17)9-4-5-12(18-2)13(7-9)19-3/h4-8H,1-3H3,(H,16,17). The van der Waals surface area contributed by atoms with Crippen molar-refractivity contribution in [1.82, 2.24) is 4.57 Å². The monoisotopic (exact) mass is 261 g/mol. The molecule has 0 spiro atoms. The molecule has 0 fully saturated rings. The largest absolute Gasteiger partial charge is 0.493 e. The third-order valence-corrected chi connectivity index (χ3v) is 2.94. The minimum absolute atomic E-state index is 0.241. The Labute approximate surface area is 111 Å². The van der Waals surface area contributed by atoms with E-state index in [4.69, 9.17) is 14.6 Å². The number of carboxylic acids is 1. The highest BCUT2D eigenvalue weighted by Crippen LogP contribution is 2.32. The fourth-order valence-corrected chi connectivity index (χ4v) is 1.95. The second-order valence-electron chi connectivity index (χ2n) is 4.10. The number of hydrogen-bond acceptors (Lipinski definition) is 3. The van der Waals surface area contributed by atoms with Crippen LogP contribution in [0.5, 0.6) is 11.5 Å². The van der Waals surface area contributed by atoms with Gasteiger partial charge in [-0.15, -0.1) is 0 Å². The van der Waals surface area contributed by atoms with Gasteiger partial charge in [0.15, 0.2) is 11.5 Å². The van der Waals surface area contributed by atoms with E-state index in [-0.39, 0.29) is 5.69 Å². The van der Waals surface area contributed by atoms with Crippen molar-refractivity contribution in [3.8, 4) is 22.6 Å². The average Bonchev–Trinajstić information content (AvgIpc) is 2.80. The van der Waals surface area contributed by atoms with Crippen LogP contribution in [0.25, 0.3) is 11.1 Å². The first-order valence-corrected chi connectivity index (χ1v) is 5.69. The first kappa shape index (κ1) is 13.0. The van der Waals surface area contributed by atoms with Gasteiger partial charge in [0.2, 0.25) is 0 Å². The quantitative estimate of drug-likeness (QED) is 0.918. The third-order valence-electron chi connectivity index (χ3n) is 2.94. The van der Waals surface area contributed by atoms with E-state index in [1.54, 1.807) is 44.2 Å². The minimum atomic E-state index is -0.950. The highest BCUT2D eigenvalue weighted by molar-refractivity contribution is 5.88. The molecule has 100 valence electrons. The Morgan fingerprint density at radius 2 is 1.79 bits per heavy atom. The predicted octanol–water partition coefficient (Wildman–Crippen LogP) is 2.41. The normalized spacial score (nSPS) is 10.3. The van der Waals surface area contributed by atoms with Crippen molar-refractivity contribution in [3.63, 3.8) is 0 Å². The molecule has 0 saturated heterocycles. The SMILES string of the molecule is COc1ccc(-c2cc(C(=O)O)n(C)c2)cc1OC. The number of carboxylic acid groups (broad SMARTS) is 1. The molecule has 2 rings (SSSR count). The molecule has 5 heteroatoms. The zero-order valence-corrected chi connectivity index (χ0v) is 11.0. The summed E-state index contributed by atoms with van der Waals surface area (Å²) in [5.41, 5.74) is 1.94. The van der Waals surface area contributed by atoms with E-state index < -0.39 is 5.97 Å². The summed E-state index contributed by atoms with van der Waals surface area (Å²) in [5, 5.41) is 9.04. The van der Waals surface area contributed by atoms with E-state index in [1.165, 1.54) is 0 Å². The van der Waals surface area contributed by atoms with E-state index in [0.29, 0.717) is 11.5 Å². The summed E-state index contributed by atoms with van der Waals surface area (Å²) in [4.78, 5) is 11.0. The van der Waals surface area contributed by atoms with E-state index in [2.05, 4.69) is 0 Å². The number of aryl methyl sites for hydroxylation is 1. The lowest BCUT2D eigenvalue weighted by molar-refractivity contribution is 0.0686. The predicted molar refractivity (Wildman–Crippen MR) is 70.9 cm³/mol. The highest BCUT2D eigenvalue weighted by atomic mass is 16.5. The van der Waals surface area contributed by atoms with Crippen LogP contribution in [0.2, 0.25) is 0 Å². The first-order chi connectivity index (χ1) is 9.06. The molecular formula is C14H15NO4. The molecule has 0 atom stereocenters. The van der Waals surface area contributed by atoms with Crippen LogP contribution in [0.3, 0.4) is 0 Å². The lowest BCUT2D eigenvalue weighted by atomic mass is 10.1. The summed E-state index contributed by atoms with van der Waals surface area (Å²) in [6.45, 7) is 0. The Morgan fingerprint density at radius 3 is 2.32 bits per heavy atom. The molecule has 2 aromatic rings. The van der Waals surface area contributed by atoms with Gasteiger partial charge in [0.1, 0.15) is 5.69 Å². The maximum Gasteiger partial charge on any atom is 0.352 e. The molecule has 1 aromatic heterocycles. The smallest absolute Gasteiger partial charge is 0.352 e. The molecular weight excluding hydrogens is 246 g/mol. The molecule has 0 amide bonds. The van der Waals surface area contributed by atoms with Crippen molar-refractivity contribution in [3.05, 3.63) is 36.2 Å². The summed E-state index contributed by atoms with van der Waals surface area (Å²) in [5.74, 6) is 0.301. The van der Waals surface area contributed by atoms with Gasteiger partial charge < -0.3 is 19.1 Å². The van der Waals surface area contributed by atoms with Crippen molar-refractivity contribution >= 4 is 5.97 Å². The van der Waals surface area contributed by atoms with Gasteiger partial charge in [0.25, 0.3) is 0 Å². The van der Waals surface area contributed by atoms with Crippen molar-refractivity contribution in [2.75, 3.05) is 14.2 Å². The maximum absolute atomic E-state index is 11.0. The average molecular weight is 261 g/mol. The number of carbonyl (C=O) groups is 1. The highest BCUT2D eigenvalue weighted by Gasteiger charge is 2.12. The number of rotatable bonds is 4. The van der Waals surface area contributed by atoms with Crippen molar-refractivity contribution in [2.24, 2.45) is 7.05 Å². The van der Waals surface area contributed by atoms with Crippen molar-refractivity contribution in [1.29, 1.82) is 0 Å². The fourth-order valence-electron chi connectivity index (χ4n) is 1.95. The molecule has 1 N–H and O–H groups in total. The Hall–Kier alpha value is -2.43. The summed E-state index contributed by atoms with van der Waals surface area (Å²) < 4.78 is 12.0. The molecule has 0 aliphatic carbocycles. The van der Waals surface area contributed by atoms with Gasteiger partial charge in [0.05, 0.1) is 14.2 Å². The number of benzene rings is 1. The Balaban J connectivity index is 2.47. The van der Waals surface area contributed by atoms with E-state index in [1.807, 2.05) is 12.1 Å². The van der Waals surface area contributed by atoms with Crippen LogP contribution in [0.4, 0.5) is 0 Å². The van der Waals surface area contributed by atoms with Gasteiger partial charge in [-0.1, -0.05) is 6.07 Å². The molecule has 0 unspecified atom stereocenters. The fraction of sp³-hybridized carbons (Fsp3) is 0.214. The van der Waals surface area contributed by atoms with Gasteiger partial charge in [-0.3, -0.25) is 0 Å². The molecule has 19 heavy (non-hydrogen) atoms. The molecule has 0 aliphatic heterocycles. The van der Waals surface area contributed by atoms with Crippen LogP contribution in [0.15, 0.2) is 30.5 Å². The topological polar surface area (TPSA) is 60.7 Å². The second-order valence-corrected chi connectivity index (χ2v) is 4.10. The Kier molecular flexibility index (Phi) is 3.46. The Bertz CT molecular complexity index is 616. The summed E-state index contributed by atoms with van der Waals surface area (Å²) in [6.07, 6.45) is 1.77. The van der Waals surface area contributed by atoms with Crippen LogP contribution in [0, 0.1) is 0 Å². The van der Waals surface area contributed by atoms with E-state index >= 15 is 0 Å². The number of aromatic carboxylic acids is 1. The second kappa shape index (κ2) is 5.06. The molecule has 0 aliphatic rings. The first-order valence-electron chi connectivity index (χ1n) is 5.69. The van der Waals surface area contributed by atoms with Crippen LogP contribution in [0.1, 0.15) is 10.5 Å². The molecule has 0 bridgehead atoms. The number of ether oxygens (including phenoxy) is 2. The molecule has 1 heterocycles. The van der Waals surface area contributed by atoms with Crippen molar-refractivity contribution < 1.29 is 19.4 Å².